The summed E-state index contributed by atoms with van der Waals surface area (Å²) >= 11 is 0. The molecule has 0 fully saturated rings. The third-order valence-corrected chi connectivity index (χ3v) is 4.41. The largest absolute Gasteiger partial charge is 0.493 e. The summed E-state index contributed by atoms with van der Waals surface area (Å²) in [4.78, 5) is 24.5. The molecule has 156 valence electrons. The molecule has 0 spiro atoms. The molecule has 0 unspecified atom stereocenters. The van der Waals surface area contributed by atoms with E-state index in [-0.39, 0.29) is 18.0 Å². The topological polar surface area (TPSA) is 82.5 Å². The van der Waals surface area contributed by atoms with E-state index in [1.807, 2.05) is 55.5 Å². The molecule has 1 heterocycles. The number of nitrogens with one attached hydrogen (secondary N) is 1. The summed E-state index contributed by atoms with van der Waals surface area (Å²) in [7, 11) is 1.58. The number of amides is 1. The second-order valence-electron chi connectivity index (χ2n) is 6.69. The number of hydrogen-bond acceptors (Lipinski definition) is 5. The monoisotopic (exact) mass is 407 g/mol. The van der Waals surface area contributed by atoms with Crippen molar-refractivity contribution in [3.05, 3.63) is 76.6 Å². The van der Waals surface area contributed by atoms with Crippen LogP contribution in [0.15, 0.2) is 65.5 Å². The first-order chi connectivity index (χ1) is 14.6. The Morgan fingerprint density at radius 3 is 2.60 bits per heavy atom. The highest BCUT2D eigenvalue weighted by Gasteiger charge is 2.10. The Hall–Kier alpha value is -3.61. The van der Waals surface area contributed by atoms with Gasteiger partial charge in [-0.2, -0.15) is 5.10 Å². The predicted molar refractivity (Wildman–Crippen MR) is 115 cm³/mol. The minimum atomic E-state index is -0.330. The Kier molecular flexibility index (Phi) is 7.21. The molecule has 7 nitrogen and oxygen atoms in total. The molecule has 3 rings (SSSR count). The standard InChI is InChI=1S/C23H25N3O4/c1-3-13-30-20-11-9-17(14-21(20)29-2)15-24-22(27)16-26-23(28)12-10-19(25-26)18-7-5-4-6-8-18/h4-12,14H,3,13,15-16H2,1-2H3,(H,24,27). The highest BCUT2D eigenvalue weighted by molar-refractivity contribution is 5.75. The quantitative estimate of drug-likeness (QED) is 0.590. The van der Waals surface area contributed by atoms with Crippen LogP contribution in [0.5, 0.6) is 11.5 Å². The summed E-state index contributed by atoms with van der Waals surface area (Å²) < 4.78 is 12.2. The van der Waals surface area contributed by atoms with Crippen LogP contribution in [-0.2, 0) is 17.9 Å². The van der Waals surface area contributed by atoms with Crippen molar-refractivity contribution in [2.75, 3.05) is 13.7 Å². The van der Waals surface area contributed by atoms with E-state index in [4.69, 9.17) is 9.47 Å². The maximum Gasteiger partial charge on any atom is 0.267 e. The van der Waals surface area contributed by atoms with Crippen molar-refractivity contribution >= 4 is 5.91 Å². The molecule has 0 bridgehead atoms. The SMILES string of the molecule is CCCOc1ccc(CNC(=O)Cn2nc(-c3ccccc3)ccc2=O)cc1OC. The molecule has 2 aromatic carbocycles. The van der Waals surface area contributed by atoms with Gasteiger partial charge >= 0.3 is 0 Å². The second kappa shape index (κ2) is 10.2. The Balaban J connectivity index is 1.64. The predicted octanol–water partition coefficient (Wildman–Crippen LogP) is 3.02. The molecule has 0 aliphatic rings. The number of ether oxygens (including phenoxy) is 2. The van der Waals surface area contributed by atoms with Crippen molar-refractivity contribution < 1.29 is 14.3 Å². The Morgan fingerprint density at radius 2 is 1.87 bits per heavy atom. The van der Waals surface area contributed by atoms with Crippen LogP contribution in [-0.4, -0.2) is 29.4 Å². The number of methoxy groups -OCH3 is 1. The number of nitrogens with zero attached hydrogens (tertiary/aromatic N) is 2. The van der Waals surface area contributed by atoms with Crippen molar-refractivity contribution in [2.24, 2.45) is 0 Å². The minimum absolute atomic E-state index is 0.158. The molecule has 30 heavy (non-hydrogen) atoms. The van der Waals surface area contributed by atoms with Crippen molar-refractivity contribution in [3.63, 3.8) is 0 Å². The van der Waals surface area contributed by atoms with Crippen molar-refractivity contribution in [3.8, 4) is 22.8 Å². The van der Waals surface area contributed by atoms with Crippen molar-refractivity contribution in [1.29, 1.82) is 0 Å². The van der Waals surface area contributed by atoms with Gasteiger partial charge in [0.25, 0.3) is 5.56 Å². The number of aromatic nitrogens is 2. The van der Waals surface area contributed by atoms with Crippen LogP contribution in [0.4, 0.5) is 0 Å². The van der Waals surface area contributed by atoms with Gasteiger partial charge in [-0.05, 0) is 30.2 Å². The fourth-order valence-electron chi connectivity index (χ4n) is 2.87. The number of benzene rings is 2. The smallest absolute Gasteiger partial charge is 0.267 e. The molecular weight excluding hydrogens is 382 g/mol. The summed E-state index contributed by atoms with van der Waals surface area (Å²) in [6, 6.07) is 18.1. The summed E-state index contributed by atoms with van der Waals surface area (Å²) in [6.07, 6.45) is 0.903. The first-order valence-corrected chi connectivity index (χ1v) is 9.80. The van der Waals surface area contributed by atoms with Crippen LogP contribution < -0.4 is 20.3 Å². The molecule has 0 aliphatic carbocycles. The molecule has 1 amide bonds. The van der Waals surface area contributed by atoms with Crippen LogP contribution in [0.2, 0.25) is 0 Å². The summed E-state index contributed by atoms with van der Waals surface area (Å²) in [6.45, 7) is 2.78. The number of hydrogen-bond donors (Lipinski definition) is 1. The first-order valence-electron chi connectivity index (χ1n) is 9.80. The highest BCUT2D eigenvalue weighted by Crippen LogP contribution is 2.28. The van der Waals surface area contributed by atoms with E-state index in [1.165, 1.54) is 10.7 Å². The third-order valence-electron chi connectivity index (χ3n) is 4.41. The Labute approximate surface area is 175 Å². The molecule has 1 N–H and O–H groups in total. The van der Waals surface area contributed by atoms with E-state index in [1.54, 1.807) is 13.2 Å². The number of carbonyl (C=O) groups is 1. The Morgan fingerprint density at radius 1 is 1.07 bits per heavy atom. The van der Waals surface area contributed by atoms with Gasteiger partial charge < -0.3 is 14.8 Å². The van der Waals surface area contributed by atoms with E-state index >= 15 is 0 Å². The van der Waals surface area contributed by atoms with E-state index in [0.29, 0.717) is 30.3 Å². The lowest BCUT2D eigenvalue weighted by Crippen LogP contribution is -2.33. The van der Waals surface area contributed by atoms with Gasteiger partial charge in [-0.1, -0.05) is 43.3 Å². The van der Waals surface area contributed by atoms with Gasteiger partial charge in [0.15, 0.2) is 11.5 Å². The average Bonchev–Trinajstić information content (AvgIpc) is 2.78. The maximum atomic E-state index is 12.4. The van der Waals surface area contributed by atoms with E-state index in [2.05, 4.69) is 10.4 Å². The van der Waals surface area contributed by atoms with Gasteiger partial charge in [-0.25, -0.2) is 4.68 Å². The van der Waals surface area contributed by atoms with Gasteiger partial charge in [0.2, 0.25) is 5.91 Å². The van der Waals surface area contributed by atoms with Gasteiger partial charge in [0, 0.05) is 18.2 Å². The lowest BCUT2D eigenvalue weighted by atomic mass is 10.1. The summed E-state index contributed by atoms with van der Waals surface area (Å²) in [5.74, 6) is 0.978. The number of rotatable bonds is 9. The zero-order valence-corrected chi connectivity index (χ0v) is 17.1. The number of carbonyl (C=O) groups excluding carboxylic acids is 1. The lowest BCUT2D eigenvalue weighted by Gasteiger charge is -2.12. The zero-order chi connectivity index (χ0) is 21.3. The molecule has 0 aliphatic heterocycles. The van der Waals surface area contributed by atoms with Crippen molar-refractivity contribution in [2.45, 2.75) is 26.4 Å². The van der Waals surface area contributed by atoms with Crippen LogP contribution >= 0.6 is 0 Å². The normalized spacial score (nSPS) is 10.5. The molecule has 0 saturated heterocycles. The maximum absolute atomic E-state index is 12.4. The van der Waals surface area contributed by atoms with Gasteiger partial charge in [0.05, 0.1) is 19.4 Å². The molecule has 7 heteroatoms. The molecule has 0 radical (unpaired) electrons. The third kappa shape index (κ3) is 5.47. The molecule has 0 atom stereocenters. The van der Waals surface area contributed by atoms with Gasteiger partial charge in [0.1, 0.15) is 6.54 Å². The van der Waals surface area contributed by atoms with Crippen LogP contribution in [0, 0.1) is 0 Å². The van der Waals surface area contributed by atoms with E-state index in [0.717, 1.165) is 17.5 Å². The van der Waals surface area contributed by atoms with Gasteiger partial charge in [-0.15, -0.1) is 0 Å². The average molecular weight is 407 g/mol. The van der Waals surface area contributed by atoms with Crippen LogP contribution in [0.1, 0.15) is 18.9 Å². The molecule has 0 saturated carbocycles. The van der Waals surface area contributed by atoms with Crippen molar-refractivity contribution in [1.82, 2.24) is 15.1 Å². The highest BCUT2D eigenvalue weighted by atomic mass is 16.5. The second-order valence-corrected chi connectivity index (χ2v) is 6.69. The first kappa shape index (κ1) is 21.1. The Bertz CT molecular complexity index is 1050. The van der Waals surface area contributed by atoms with Crippen LogP contribution in [0.3, 0.4) is 0 Å². The fourth-order valence-corrected chi connectivity index (χ4v) is 2.87. The van der Waals surface area contributed by atoms with Gasteiger partial charge in [-0.3, -0.25) is 9.59 Å². The summed E-state index contributed by atoms with van der Waals surface area (Å²) in [5.41, 5.74) is 2.05. The molecular formula is C23H25N3O4. The fraction of sp³-hybridized carbons (Fsp3) is 0.261. The minimum Gasteiger partial charge on any atom is -0.493 e. The molecule has 3 aromatic rings. The van der Waals surface area contributed by atoms with E-state index < -0.39 is 0 Å². The zero-order valence-electron chi connectivity index (χ0n) is 17.1. The summed E-state index contributed by atoms with van der Waals surface area (Å²) in [5, 5.41) is 7.12. The van der Waals surface area contributed by atoms with Crippen LogP contribution in [0.25, 0.3) is 11.3 Å². The molecule has 1 aromatic heterocycles. The lowest BCUT2D eigenvalue weighted by molar-refractivity contribution is -0.122. The van der Waals surface area contributed by atoms with E-state index in [9.17, 15) is 9.59 Å².